The number of hydrogen-bond acceptors (Lipinski definition) is 4. The first-order valence-corrected chi connectivity index (χ1v) is 5.57. The number of hydrogen-bond donors (Lipinski definition) is 1. The maximum Gasteiger partial charge on any atom is 0.145 e. The van der Waals surface area contributed by atoms with E-state index in [1.54, 1.807) is 12.4 Å². The third-order valence-electron chi connectivity index (χ3n) is 2.28. The zero-order valence-corrected chi connectivity index (χ0v) is 9.86. The molecule has 4 heteroatoms. The number of anilines is 1. The van der Waals surface area contributed by atoms with Gasteiger partial charge in [0.15, 0.2) is 0 Å². The molecule has 4 nitrogen and oxygen atoms in total. The molecule has 0 aliphatic carbocycles. The summed E-state index contributed by atoms with van der Waals surface area (Å²) in [6.07, 6.45) is 4.47. The highest BCUT2D eigenvalue weighted by molar-refractivity contribution is 5.74. The van der Waals surface area contributed by atoms with Crippen LogP contribution in [0.2, 0.25) is 0 Å². The van der Waals surface area contributed by atoms with E-state index in [1.165, 1.54) is 0 Å². The van der Waals surface area contributed by atoms with E-state index in [0.29, 0.717) is 6.04 Å². The normalized spacial score (nSPS) is 11.0. The Morgan fingerprint density at radius 2 is 2.00 bits per heavy atom. The third-order valence-corrected chi connectivity index (χ3v) is 2.28. The lowest BCUT2D eigenvalue weighted by Gasteiger charge is -2.08. The highest BCUT2D eigenvalue weighted by Gasteiger charge is 2.02. The zero-order valence-electron chi connectivity index (χ0n) is 9.86. The molecule has 2 aromatic heterocycles. The standard InChI is InChI=1S/C12H16N4/c1-4-9-5-10-11(6-13-9)16-12(7-14-10)15-8(2)3/h5-8H,4H2,1-3H3,(H,15,16). The van der Waals surface area contributed by atoms with Gasteiger partial charge >= 0.3 is 0 Å². The van der Waals surface area contributed by atoms with Crippen molar-refractivity contribution in [3.05, 3.63) is 24.2 Å². The summed E-state index contributed by atoms with van der Waals surface area (Å²) in [5, 5.41) is 3.22. The summed E-state index contributed by atoms with van der Waals surface area (Å²) >= 11 is 0. The highest BCUT2D eigenvalue weighted by Crippen LogP contribution is 2.13. The van der Waals surface area contributed by atoms with Crippen LogP contribution in [0, 0.1) is 0 Å². The SMILES string of the molecule is CCc1cc2ncc(NC(C)C)nc2cn1. The Bertz CT molecular complexity index is 493. The zero-order chi connectivity index (χ0) is 11.5. The largest absolute Gasteiger partial charge is 0.367 e. The molecule has 0 bridgehead atoms. The number of rotatable bonds is 3. The minimum atomic E-state index is 0.356. The fourth-order valence-corrected chi connectivity index (χ4v) is 1.52. The van der Waals surface area contributed by atoms with Crippen LogP contribution in [0.4, 0.5) is 5.82 Å². The van der Waals surface area contributed by atoms with E-state index in [4.69, 9.17) is 0 Å². The van der Waals surface area contributed by atoms with Crippen molar-refractivity contribution in [3.63, 3.8) is 0 Å². The second-order valence-electron chi connectivity index (χ2n) is 4.07. The molecule has 0 aliphatic rings. The van der Waals surface area contributed by atoms with Crippen molar-refractivity contribution in [2.75, 3.05) is 5.32 Å². The van der Waals surface area contributed by atoms with Crippen LogP contribution in [0.15, 0.2) is 18.5 Å². The Kier molecular flexibility index (Phi) is 2.99. The monoisotopic (exact) mass is 216 g/mol. The molecule has 0 radical (unpaired) electrons. The molecular formula is C12H16N4. The summed E-state index contributed by atoms with van der Waals surface area (Å²) in [6, 6.07) is 2.34. The fraction of sp³-hybridized carbons (Fsp3) is 0.417. The van der Waals surface area contributed by atoms with E-state index in [2.05, 4.69) is 41.0 Å². The average Bonchev–Trinajstić information content (AvgIpc) is 2.27. The Hall–Kier alpha value is -1.71. The predicted molar refractivity (Wildman–Crippen MR) is 65.5 cm³/mol. The lowest BCUT2D eigenvalue weighted by Crippen LogP contribution is -2.11. The van der Waals surface area contributed by atoms with Crippen molar-refractivity contribution < 1.29 is 0 Å². The van der Waals surface area contributed by atoms with Gasteiger partial charge in [-0.25, -0.2) is 4.98 Å². The minimum absolute atomic E-state index is 0.356. The van der Waals surface area contributed by atoms with Gasteiger partial charge in [-0.05, 0) is 26.3 Å². The third kappa shape index (κ3) is 2.27. The van der Waals surface area contributed by atoms with E-state index >= 15 is 0 Å². The molecule has 2 heterocycles. The predicted octanol–water partition coefficient (Wildman–Crippen LogP) is 2.41. The summed E-state index contributed by atoms with van der Waals surface area (Å²) in [5.41, 5.74) is 2.79. The Morgan fingerprint density at radius 1 is 1.19 bits per heavy atom. The van der Waals surface area contributed by atoms with Gasteiger partial charge in [-0.15, -0.1) is 0 Å². The molecule has 84 valence electrons. The Labute approximate surface area is 95.1 Å². The highest BCUT2D eigenvalue weighted by atomic mass is 15.0. The van der Waals surface area contributed by atoms with Gasteiger partial charge < -0.3 is 5.32 Å². The van der Waals surface area contributed by atoms with Gasteiger partial charge in [0.25, 0.3) is 0 Å². The molecule has 0 atom stereocenters. The van der Waals surface area contributed by atoms with Crippen LogP contribution in [0.3, 0.4) is 0 Å². The number of pyridine rings is 1. The van der Waals surface area contributed by atoms with Gasteiger partial charge in [-0.1, -0.05) is 6.92 Å². The van der Waals surface area contributed by atoms with E-state index in [0.717, 1.165) is 29.0 Å². The van der Waals surface area contributed by atoms with Gasteiger partial charge in [0.05, 0.1) is 17.9 Å². The van der Waals surface area contributed by atoms with Crippen LogP contribution in [0.5, 0.6) is 0 Å². The summed E-state index contributed by atoms with van der Waals surface area (Å²) in [7, 11) is 0. The number of aromatic nitrogens is 3. The van der Waals surface area contributed by atoms with Gasteiger partial charge in [0, 0.05) is 11.7 Å². The first-order valence-electron chi connectivity index (χ1n) is 5.57. The average molecular weight is 216 g/mol. The van der Waals surface area contributed by atoms with Crippen molar-refractivity contribution in [2.45, 2.75) is 33.2 Å². The topological polar surface area (TPSA) is 50.7 Å². The molecule has 2 rings (SSSR count). The smallest absolute Gasteiger partial charge is 0.145 e. The van der Waals surface area contributed by atoms with Crippen molar-refractivity contribution in [3.8, 4) is 0 Å². The van der Waals surface area contributed by atoms with Crippen LogP contribution in [0.25, 0.3) is 11.0 Å². The lowest BCUT2D eigenvalue weighted by molar-refractivity contribution is 0.888. The number of nitrogens with zero attached hydrogens (tertiary/aromatic N) is 3. The van der Waals surface area contributed by atoms with Gasteiger partial charge in [0.2, 0.25) is 0 Å². The van der Waals surface area contributed by atoms with Crippen molar-refractivity contribution in [2.24, 2.45) is 0 Å². The summed E-state index contributed by atoms with van der Waals surface area (Å²) in [6.45, 7) is 6.23. The molecule has 2 aromatic rings. The summed E-state index contributed by atoms with van der Waals surface area (Å²) in [5.74, 6) is 0.800. The quantitative estimate of drug-likeness (QED) is 0.856. The molecule has 0 aromatic carbocycles. The van der Waals surface area contributed by atoms with Gasteiger partial charge in [0.1, 0.15) is 11.3 Å². The van der Waals surface area contributed by atoms with Crippen molar-refractivity contribution in [1.82, 2.24) is 15.0 Å². The molecule has 1 N–H and O–H groups in total. The van der Waals surface area contributed by atoms with Crippen molar-refractivity contribution in [1.29, 1.82) is 0 Å². The maximum absolute atomic E-state index is 4.45. The first-order chi connectivity index (χ1) is 7.69. The fourth-order valence-electron chi connectivity index (χ4n) is 1.52. The number of fused-ring (bicyclic) bond motifs is 1. The summed E-state index contributed by atoms with van der Waals surface area (Å²) < 4.78 is 0. The molecule has 0 amide bonds. The Balaban J connectivity index is 2.39. The minimum Gasteiger partial charge on any atom is -0.367 e. The van der Waals surface area contributed by atoms with Gasteiger partial charge in [-0.3, -0.25) is 9.97 Å². The van der Waals surface area contributed by atoms with Crippen LogP contribution >= 0.6 is 0 Å². The lowest BCUT2D eigenvalue weighted by atomic mass is 10.2. The van der Waals surface area contributed by atoms with E-state index in [1.807, 2.05) is 6.07 Å². The molecular weight excluding hydrogens is 200 g/mol. The maximum atomic E-state index is 4.45. The molecule has 0 unspecified atom stereocenters. The molecule has 16 heavy (non-hydrogen) atoms. The van der Waals surface area contributed by atoms with E-state index in [-0.39, 0.29) is 0 Å². The van der Waals surface area contributed by atoms with E-state index < -0.39 is 0 Å². The molecule has 0 aliphatic heterocycles. The van der Waals surface area contributed by atoms with Gasteiger partial charge in [-0.2, -0.15) is 0 Å². The number of aryl methyl sites for hydroxylation is 1. The van der Waals surface area contributed by atoms with Crippen LogP contribution in [-0.4, -0.2) is 21.0 Å². The molecule has 0 spiro atoms. The number of nitrogens with one attached hydrogen (secondary N) is 1. The molecule has 0 saturated heterocycles. The second kappa shape index (κ2) is 4.43. The van der Waals surface area contributed by atoms with Crippen LogP contribution in [0.1, 0.15) is 26.5 Å². The van der Waals surface area contributed by atoms with Crippen LogP contribution < -0.4 is 5.32 Å². The van der Waals surface area contributed by atoms with E-state index in [9.17, 15) is 0 Å². The Morgan fingerprint density at radius 3 is 2.69 bits per heavy atom. The second-order valence-corrected chi connectivity index (χ2v) is 4.07. The molecule has 0 saturated carbocycles. The molecule has 0 fully saturated rings. The van der Waals surface area contributed by atoms with Crippen LogP contribution in [-0.2, 0) is 6.42 Å². The summed E-state index contributed by atoms with van der Waals surface area (Å²) in [4.78, 5) is 13.1. The first kappa shape index (κ1) is 10.8. The van der Waals surface area contributed by atoms with Crippen molar-refractivity contribution >= 4 is 16.9 Å².